The molecule has 120 valence electrons. The SMILES string of the molecule is COc1ccc2c(C#N)c(C(=O)O)n(C(=O)OC(C)(C)C)c2c1. The Balaban J connectivity index is 2.83. The van der Waals surface area contributed by atoms with E-state index in [1.807, 2.05) is 6.07 Å². The van der Waals surface area contributed by atoms with Crippen LogP contribution in [0.15, 0.2) is 18.2 Å². The Morgan fingerprint density at radius 3 is 2.43 bits per heavy atom. The first-order chi connectivity index (χ1) is 10.7. The molecule has 1 N–H and O–H groups in total. The van der Waals surface area contributed by atoms with Crippen molar-refractivity contribution in [2.24, 2.45) is 0 Å². The van der Waals surface area contributed by atoms with Crippen LogP contribution in [0.1, 0.15) is 36.8 Å². The predicted octanol–water partition coefficient (Wildman–Crippen LogP) is 3.00. The molecular formula is C16H16N2O5. The molecule has 2 rings (SSSR count). The van der Waals surface area contributed by atoms with Gasteiger partial charge in [-0.2, -0.15) is 5.26 Å². The molecule has 0 spiro atoms. The summed E-state index contributed by atoms with van der Waals surface area (Å²) < 4.78 is 11.3. The van der Waals surface area contributed by atoms with Gasteiger partial charge >= 0.3 is 12.1 Å². The molecule has 1 heterocycles. The van der Waals surface area contributed by atoms with E-state index in [0.29, 0.717) is 11.1 Å². The summed E-state index contributed by atoms with van der Waals surface area (Å²) in [6, 6.07) is 6.47. The van der Waals surface area contributed by atoms with Crippen molar-refractivity contribution in [3.8, 4) is 11.8 Å². The van der Waals surface area contributed by atoms with E-state index in [-0.39, 0.29) is 11.1 Å². The van der Waals surface area contributed by atoms with Crippen molar-refractivity contribution in [3.05, 3.63) is 29.5 Å². The van der Waals surface area contributed by atoms with Gasteiger partial charge in [-0.1, -0.05) is 0 Å². The number of methoxy groups -OCH3 is 1. The number of ether oxygens (including phenoxy) is 2. The molecule has 7 nitrogen and oxygen atoms in total. The summed E-state index contributed by atoms with van der Waals surface area (Å²) in [5.41, 5.74) is -1.09. The molecule has 0 aliphatic rings. The van der Waals surface area contributed by atoms with Gasteiger partial charge in [-0.15, -0.1) is 0 Å². The maximum Gasteiger partial charge on any atom is 0.419 e. The van der Waals surface area contributed by atoms with Crippen LogP contribution < -0.4 is 4.74 Å². The van der Waals surface area contributed by atoms with Crippen molar-refractivity contribution in [2.45, 2.75) is 26.4 Å². The van der Waals surface area contributed by atoms with Gasteiger partial charge in [0.2, 0.25) is 0 Å². The Morgan fingerprint density at radius 2 is 1.96 bits per heavy atom. The van der Waals surface area contributed by atoms with Crippen LogP contribution in [0.25, 0.3) is 10.9 Å². The van der Waals surface area contributed by atoms with Gasteiger partial charge in [0.05, 0.1) is 18.2 Å². The van der Waals surface area contributed by atoms with Crippen LogP contribution in [0.2, 0.25) is 0 Å². The van der Waals surface area contributed by atoms with Crippen molar-refractivity contribution in [1.29, 1.82) is 5.26 Å². The number of carboxylic acid groups (broad SMARTS) is 1. The number of carbonyl (C=O) groups is 2. The second kappa shape index (κ2) is 5.65. The summed E-state index contributed by atoms with van der Waals surface area (Å²) in [6.07, 6.45) is -0.866. The third kappa shape index (κ3) is 2.97. The quantitative estimate of drug-likeness (QED) is 0.913. The zero-order chi connectivity index (χ0) is 17.4. The van der Waals surface area contributed by atoms with E-state index >= 15 is 0 Å². The van der Waals surface area contributed by atoms with Crippen LogP contribution in [0.3, 0.4) is 0 Å². The highest BCUT2D eigenvalue weighted by Gasteiger charge is 2.29. The van der Waals surface area contributed by atoms with Gasteiger partial charge in [-0.05, 0) is 32.9 Å². The fourth-order valence-corrected chi connectivity index (χ4v) is 2.21. The minimum atomic E-state index is -1.39. The monoisotopic (exact) mass is 316 g/mol. The molecule has 1 aromatic heterocycles. The molecule has 0 radical (unpaired) electrons. The average molecular weight is 316 g/mol. The van der Waals surface area contributed by atoms with Crippen molar-refractivity contribution in [1.82, 2.24) is 4.57 Å². The molecule has 23 heavy (non-hydrogen) atoms. The number of fused-ring (bicyclic) bond motifs is 1. The molecule has 0 aliphatic carbocycles. The van der Waals surface area contributed by atoms with E-state index in [4.69, 9.17) is 9.47 Å². The van der Waals surface area contributed by atoms with Crippen molar-refractivity contribution in [3.63, 3.8) is 0 Å². The number of hydrogen-bond acceptors (Lipinski definition) is 5. The van der Waals surface area contributed by atoms with Crippen LogP contribution in [0.4, 0.5) is 4.79 Å². The maximum atomic E-state index is 12.5. The van der Waals surface area contributed by atoms with E-state index in [9.17, 15) is 20.0 Å². The molecule has 0 saturated carbocycles. The number of rotatable bonds is 2. The Bertz CT molecular complexity index is 837. The van der Waals surface area contributed by atoms with Gasteiger partial charge in [-0.25, -0.2) is 14.2 Å². The van der Waals surface area contributed by atoms with Gasteiger partial charge in [0.25, 0.3) is 0 Å². The van der Waals surface area contributed by atoms with Crippen LogP contribution in [0, 0.1) is 11.3 Å². The lowest BCUT2D eigenvalue weighted by molar-refractivity contribution is 0.0512. The van der Waals surface area contributed by atoms with Gasteiger partial charge < -0.3 is 14.6 Å². The number of carbonyl (C=O) groups excluding carboxylic acids is 1. The molecule has 0 fully saturated rings. The van der Waals surface area contributed by atoms with E-state index in [0.717, 1.165) is 4.57 Å². The first-order valence-electron chi connectivity index (χ1n) is 6.78. The second-order valence-corrected chi connectivity index (χ2v) is 5.84. The minimum Gasteiger partial charge on any atom is -0.497 e. The Hall–Kier alpha value is -3.01. The molecule has 7 heteroatoms. The van der Waals surface area contributed by atoms with Gasteiger partial charge in [-0.3, -0.25) is 0 Å². The number of aromatic nitrogens is 1. The molecule has 0 atom stereocenters. The number of hydrogen-bond donors (Lipinski definition) is 1. The molecular weight excluding hydrogens is 300 g/mol. The number of nitrogens with zero attached hydrogens (tertiary/aromatic N) is 2. The lowest BCUT2D eigenvalue weighted by Crippen LogP contribution is -2.29. The van der Waals surface area contributed by atoms with E-state index in [2.05, 4.69) is 0 Å². The number of benzene rings is 1. The summed E-state index contributed by atoms with van der Waals surface area (Å²) in [4.78, 5) is 24.0. The minimum absolute atomic E-state index is 0.0963. The van der Waals surface area contributed by atoms with Crippen LogP contribution in [-0.2, 0) is 4.74 Å². The molecule has 2 aromatic rings. The van der Waals surface area contributed by atoms with E-state index in [1.54, 1.807) is 32.9 Å². The van der Waals surface area contributed by atoms with Crippen molar-refractivity contribution in [2.75, 3.05) is 7.11 Å². The standard InChI is InChI=1S/C16H16N2O5/c1-16(2,3)23-15(21)18-12-7-9(22-4)5-6-10(12)11(8-17)13(18)14(19)20/h5-7H,1-4H3,(H,19,20). The normalized spacial score (nSPS) is 11.1. The lowest BCUT2D eigenvalue weighted by Gasteiger charge is -2.20. The molecule has 0 aliphatic heterocycles. The summed E-state index contributed by atoms with van der Waals surface area (Å²) in [7, 11) is 1.45. The predicted molar refractivity (Wildman–Crippen MR) is 81.8 cm³/mol. The third-order valence-electron chi connectivity index (χ3n) is 3.07. The Kier molecular flexibility index (Phi) is 4.02. The Labute approximate surface area is 132 Å². The highest BCUT2D eigenvalue weighted by atomic mass is 16.6. The van der Waals surface area contributed by atoms with E-state index in [1.165, 1.54) is 13.2 Å². The first-order valence-corrected chi connectivity index (χ1v) is 6.78. The highest BCUT2D eigenvalue weighted by Crippen LogP contribution is 2.30. The number of aromatic carboxylic acids is 1. The van der Waals surface area contributed by atoms with Crippen LogP contribution >= 0.6 is 0 Å². The Morgan fingerprint density at radius 1 is 1.30 bits per heavy atom. The largest absolute Gasteiger partial charge is 0.497 e. The zero-order valence-corrected chi connectivity index (χ0v) is 13.2. The molecule has 0 amide bonds. The number of carboxylic acids is 1. The summed E-state index contributed by atoms with van der Waals surface area (Å²) in [5.74, 6) is -0.955. The number of nitriles is 1. The molecule has 0 unspecified atom stereocenters. The lowest BCUT2D eigenvalue weighted by atomic mass is 10.1. The summed E-state index contributed by atoms with van der Waals surface area (Å²) in [6.45, 7) is 5.01. The zero-order valence-electron chi connectivity index (χ0n) is 13.2. The van der Waals surface area contributed by atoms with Crippen LogP contribution in [-0.4, -0.2) is 34.4 Å². The van der Waals surface area contributed by atoms with Crippen LogP contribution in [0.5, 0.6) is 5.75 Å². The molecule has 0 bridgehead atoms. The molecule has 0 saturated heterocycles. The smallest absolute Gasteiger partial charge is 0.419 e. The van der Waals surface area contributed by atoms with Gasteiger partial charge in [0.1, 0.15) is 17.4 Å². The summed E-state index contributed by atoms with van der Waals surface area (Å²) in [5, 5.41) is 19.1. The van der Waals surface area contributed by atoms with Crippen molar-refractivity contribution >= 4 is 23.0 Å². The first kappa shape index (κ1) is 16.4. The highest BCUT2D eigenvalue weighted by molar-refractivity contribution is 6.05. The second-order valence-electron chi connectivity index (χ2n) is 5.84. The van der Waals surface area contributed by atoms with Gasteiger partial charge in [0.15, 0.2) is 5.69 Å². The fourth-order valence-electron chi connectivity index (χ4n) is 2.21. The summed E-state index contributed by atoms with van der Waals surface area (Å²) >= 11 is 0. The van der Waals surface area contributed by atoms with E-state index < -0.39 is 23.4 Å². The molecule has 1 aromatic carbocycles. The maximum absolute atomic E-state index is 12.5. The fraction of sp³-hybridized carbons (Fsp3) is 0.312. The topological polar surface area (TPSA) is 102 Å². The third-order valence-corrected chi connectivity index (χ3v) is 3.07. The van der Waals surface area contributed by atoms with Gasteiger partial charge in [0, 0.05) is 11.5 Å². The average Bonchev–Trinajstić information content (AvgIpc) is 2.78. The van der Waals surface area contributed by atoms with Crippen molar-refractivity contribution < 1.29 is 24.2 Å².